The van der Waals surface area contributed by atoms with Gasteiger partial charge >= 0.3 is 11.9 Å². The molecule has 0 aliphatic rings. The number of aliphatic carboxylic acids is 2. The van der Waals surface area contributed by atoms with E-state index in [4.69, 9.17) is 10.2 Å². The second-order valence-corrected chi connectivity index (χ2v) is 3.93. The maximum absolute atomic E-state index is 11.4. The quantitative estimate of drug-likeness (QED) is 0.402. The molecule has 0 heterocycles. The third-order valence-electron chi connectivity index (χ3n) is 2.34. The number of allylic oxidation sites excluding steroid dienone is 1. The number of rotatable bonds is 10. The van der Waals surface area contributed by atoms with Crippen LogP contribution in [0.25, 0.3) is 0 Å². The summed E-state index contributed by atoms with van der Waals surface area (Å²) in [5.74, 6) is -2.66. The van der Waals surface area contributed by atoms with Crippen LogP contribution in [0.5, 0.6) is 0 Å². The van der Waals surface area contributed by atoms with E-state index in [1.54, 1.807) is 6.08 Å². The Morgan fingerprint density at radius 2 is 1.83 bits per heavy atom. The second kappa shape index (κ2) is 9.21. The molecule has 0 aromatic rings. The topological polar surface area (TPSA) is 104 Å². The Hall–Kier alpha value is -1.85. The van der Waals surface area contributed by atoms with Crippen molar-refractivity contribution < 1.29 is 24.6 Å². The van der Waals surface area contributed by atoms with E-state index in [2.05, 4.69) is 11.9 Å². The van der Waals surface area contributed by atoms with Gasteiger partial charge in [0.15, 0.2) is 0 Å². The Morgan fingerprint density at radius 1 is 1.17 bits per heavy atom. The first-order valence-corrected chi connectivity index (χ1v) is 5.82. The summed E-state index contributed by atoms with van der Waals surface area (Å²) in [6.07, 6.45) is 3.90. The summed E-state index contributed by atoms with van der Waals surface area (Å²) >= 11 is 0. The highest BCUT2D eigenvalue weighted by Gasteiger charge is 2.20. The highest BCUT2D eigenvalue weighted by molar-refractivity contribution is 5.83. The third-order valence-corrected chi connectivity index (χ3v) is 2.34. The molecule has 6 heteroatoms. The van der Waals surface area contributed by atoms with Gasteiger partial charge < -0.3 is 15.5 Å². The smallest absolute Gasteiger partial charge is 0.326 e. The Bertz CT molecular complexity index is 314. The fourth-order valence-electron chi connectivity index (χ4n) is 1.37. The molecule has 0 rings (SSSR count). The predicted octanol–water partition coefficient (Wildman–Crippen LogP) is 1.17. The highest BCUT2D eigenvalue weighted by atomic mass is 16.4. The number of hydrogen-bond donors (Lipinski definition) is 3. The Labute approximate surface area is 106 Å². The Kier molecular flexibility index (Phi) is 8.26. The van der Waals surface area contributed by atoms with E-state index in [9.17, 15) is 14.4 Å². The van der Waals surface area contributed by atoms with Gasteiger partial charge in [-0.2, -0.15) is 0 Å². The average Bonchev–Trinajstić information content (AvgIpc) is 2.29. The Balaban J connectivity index is 3.99. The molecule has 0 unspecified atom stereocenters. The van der Waals surface area contributed by atoms with Crippen molar-refractivity contribution in [2.75, 3.05) is 0 Å². The summed E-state index contributed by atoms with van der Waals surface area (Å²) in [6, 6.07) is -1.13. The highest BCUT2D eigenvalue weighted by Crippen LogP contribution is 2.03. The number of hydrogen-bond acceptors (Lipinski definition) is 3. The van der Waals surface area contributed by atoms with E-state index in [0.717, 1.165) is 12.8 Å². The first-order valence-electron chi connectivity index (χ1n) is 5.82. The molecule has 1 amide bonds. The normalized spacial score (nSPS) is 11.6. The van der Waals surface area contributed by atoms with Gasteiger partial charge in [0.1, 0.15) is 6.04 Å². The Morgan fingerprint density at radius 3 is 2.33 bits per heavy atom. The summed E-state index contributed by atoms with van der Waals surface area (Å²) in [7, 11) is 0. The molecule has 102 valence electrons. The van der Waals surface area contributed by atoms with Crippen molar-refractivity contribution in [3.8, 4) is 0 Å². The average molecular weight is 257 g/mol. The molecule has 0 aromatic heterocycles. The maximum Gasteiger partial charge on any atom is 0.326 e. The SMILES string of the molecule is C=CCCCCC(=O)N[C@@H](CCC(=O)O)C(=O)O. The molecule has 0 spiro atoms. The van der Waals surface area contributed by atoms with Crippen LogP contribution in [0.2, 0.25) is 0 Å². The van der Waals surface area contributed by atoms with Crippen molar-refractivity contribution >= 4 is 17.8 Å². The molecule has 3 N–H and O–H groups in total. The summed E-state index contributed by atoms with van der Waals surface area (Å²) < 4.78 is 0. The predicted molar refractivity (Wildman–Crippen MR) is 65.1 cm³/mol. The largest absolute Gasteiger partial charge is 0.481 e. The van der Waals surface area contributed by atoms with E-state index in [1.807, 2.05) is 0 Å². The minimum absolute atomic E-state index is 0.108. The molecule has 0 fully saturated rings. The van der Waals surface area contributed by atoms with Crippen molar-refractivity contribution in [1.29, 1.82) is 0 Å². The number of amides is 1. The number of carbonyl (C=O) groups is 3. The molecule has 0 aromatic carbocycles. The van der Waals surface area contributed by atoms with Gasteiger partial charge in [-0.3, -0.25) is 9.59 Å². The van der Waals surface area contributed by atoms with Crippen LogP contribution in [-0.2, 0) is 14.4 Å². The van der Waals surface area contributed by atoms with Crippen LogP contribution < -0.4 is 5.32 Å². The molecule has 1 atom stereocenters. The molecule has 0 bridgehead atoms. The van der Waals surface area contributed by atoms with E-state index in [1.165, 1.54) is 0 Å². The van der Waals surface area contributed by atoms with Crippen LogP contribution in [-0.4, -0.2) is 34.1 Å². The van der Waals surface area contributed by atoms with Crippen molar-refractivity contribution in [3.05, 3.63) is 12.7 Å². The van der Waals surface area contributed by atoms with Crippen LogP contribution in [0.3, 0.4) is 0 Å². The lowest BCUT2D eigenvalue weighted by Gasteiger charge is -2.13. The number of carbonyl (C=O) groups excluding carboxylic acids is 1. The van der Waals surface area contributed by atoms with E-state index in [-0.39, 0.29) is 25.2 Å². The molecule has 18 heavy (non-hydrogen) atoms. The van der Waals surface area contributed by atoms with E-state index >= 15 is 0 Å². The number of carboxylic acids is 2. The molecular weight excluding hydrogens is 238 g/mol. The van der Waals surface area contributed by atoms with Crippen molar-refractivity contribution in [2.24, 2.45) is 0 Å². The molecule has 6 nitrogen and oxygen atoms in total. The van der Waals surface area contributed by atoms with E-state index in [0.29, 0.717) is 6.42 Å². The molecule has 0 aliphatic heterocycles. The molecule has 0 aliphatic carbocycles. The van der Waals surface area contributed by atoms with Crippen LogP contribution in [0, 0.1) is 0 Å². The monoisotopic (exact) mass is 257 g/mol. The minimum Gasteiger partial charge on any atom is -0.481 e. The summed E-state index contributed by atoms with van der Waals surface area (Å²) in [4.78, 5) is 32.6. The lowest BCUT2D eigenvalue weighted by molar-refractivity contribution is -0.143. The standard InChI is InChI=1S/C12H19NO5/c1-2-3-4-5-6-10(14)13-9(12(17)18)7-8-11(15)16/h2,9H,1,3-8H2,(H,13,14)(H,15,16)(H,17,18)/t9-/m0/s1. The first kappa shape index (κ1) is 16.1. The number of nitrogens with one attached hydrogen (secondary N) is 1. The van der Waals surface area contributed by atoms with Crippen molar-refractivity contribution in [3.63, 3.8) is 0 Å². The van der Waals surface area contributed by atoms with Gasteiger partial charge in [0, 0.05) is 12.8 Å². The van der Waals surface area contributed by atoms with Gasteiger partial charge in [-0.1, -0.05) is 6.08 Å². The summed E-state index contributed by atoms with van der Waals surface area (Å²) in [5.41, 5.74) is 0. The zero-order valence-corrected chi connectivity index (χ0v) is 10.2. The van der Waals surface area contributed by atoms with Gasteiger partial charge in [0.25, 0.3) is 0 Å². The zero-order valence-electron chi connectivity index (χ0n) is 10.2. The first-order chi connectivity index (χ1) is 8.47. The van der Waals surface area contributed by atoms with Crippen molar-refractivity contribution in [1.82, 2.24) is 5.32 Å². The molecular formula is C12H19NO5. The fourth-order valence-corrected chi connectivity index (χ4v) is 1.37. The number of unbranched alkanes of at least 4 members (excludes halogenated alkanes) is 2. The molecule has 0 radical (unpaired) electrons. The second-order valence-electron chi connectivity index (χ2n) is 3.93. The lowest BCUT2D eigenvalue weighted by Crippen LogP contribution is -2.41. The third kappa shape index (κ3) is 8.32. The minimum atomic E-state index is -1.21. The van der Waals surface area contributed by atoms with Crippen LogP contribution in [0.1, 0.15) is 38.5 Å². The maximum atomic E-state index is 11.4. The lowest BCUT2D eigenvalue weighted by atomic mass is 10.1. The van der Waals surface area contributed by atoms with Crippen molar-refractivity contribution in [2.45, 2.75) is 44.6 Å². The molecule has 0 saturated carbocycles. The van der Waals surface area contributed by atoms with Gasteiger partial charge in [-0.25, -0.2) is 4.79 Å². The zero-order chi connectivity index (χ0) is 14.0. The number of carboxylic acid groups (broad SMARTS) is 2. The fraction of sp³-hybridized carbons (Fsp3) is 0.583. The van der Waals surface area contributed by atoms with Crippen LogP contribution in [0.4, 0.5) is 0 Å². The van der Waals surface area contributed by atoms with Gasteiger partial charge in [-0.05, 0) is 25.7 Å². The molecule has 0 saturated heterocycles. The summed E-state index contributed by atoms with van der Waals surface area (Å²) in [5, 5.41) is 19.6. The van der Waals surface area contributed by atoms with Crippen LogP contribution in [0.15, 0.2) is 12.7 Å². The van der Waals surface area contributed by atoms with Gasteiger partial charge in [0.05, 0.1) is 0 Å². The van der Waals surface area contributed by atoms with Gasteiger partial charge in [-0.15, -0.1) is 6.58 Å². The summed E-state index contributed by atoms with van der Waals surface area (Å²) in [6.45, 7) is 3.56. The van der Waals surface area contributed by atoms with Crippen LogP contribution >= 0.6 is 0 Å². The van der Waals surface area contributed by atoms with Gasteiger partial charge in [0.2, 0.25) is 5.91 Å². The van der Waals surface area contributed by atoms with E-state index < -0.39 is 18.0 Å².